The summed E-state index contributed by atoms with van der Waals surface area (Å²) in [6.07, 6.45) is 82.6. The van der Waals surface area contributed by atoms with E-state index in [1.165, 1.54) is 225 Å². The zero-order chi connectivity index (χ0) is 55.0. The van der Waals surface area contributed by atoms with Gasteiger partial charge in [-0.25, -0.2) is 0 Å². The molecule has 0 fully saturated rings. The molecule has 0 saturated carbocycles. The zero-order valence-corrected chi connectivity index (χ0v) is 50.8. The van der Waals surface area contributed by atoms with Gasteiger partial charge in [0.1, 0.15) is 13.2 Å². The Hall–Kier alpha value is -2.89. The van der Waals surface area contributed by atoms with Crippen LogP contribution >= 0.6 is 0 Å². The van der Waals surface area contributed by atoms with Gasteiger partial charge in [0.25, 0.3) is 0 Å². The summed E-state index contributed by atoms with van der Waals surface area (Å²) in [5, 5.41) is 0. The summed E-state index contributed by atoms with van der Waals surface area (Å²) in [5.41, 5.74) is 0. The van der Waals surface area contributed by atoms with Crippen molar-refractivity contribution in [2.75, 3.05) is 13.2 Å². The van der Waals surface area contributed by atoms with Gasteiger partial charge < -0.3 is 14.2 Å². The standard InChI is InChI=1S/C70H126O6/c1-4-7-10-13-16-19-22-25-27-29-30-31-32-33-34-35-36-37-38-39-41-42-45-48-51-54-57-60-63-69(72)75-66-67(65-74-68(71)62-59-56-53-50-47-44-24-21-18-15-12-9-6-3)76-70(73)64-61-58-55-52-49-46-43-40-28-26-23-20-17-14-11-8-5-2/h8,11,17,20,26,28,43,46,52,55,67H,4-7,9-10,12-16,18-19,21-25,27,29-42,44-45,47-51,53-54,56-66H2,1-3H3/b11-8-,20-17-,28-26-,46-43-,55-52-. The first-order valence-electron chi connectivity index (χ1n) is 33.3. The lowest BCUT2D eigenvalue weighted by atomic mass is 10.0. The number of unbranched alkanes of at least 4 members (excludes halogenated alkanes) is 40. The normalized spacial score (nSPS) is 12.4. The third kappa shape index (κ3) is 62.0. The van der Waals surface area contributed by atoms with Crippen LogP contribution in [0.5, 0.6) is 0 Å². The Morgan fingerprint density at radius 1 is 0.276 bits per heavy atom. The summed E-state index contributed by atoms with van der Waals surface area (Å²) >= 11 is 0. The summed E-state index contributed by atoms with van der Waals surface area (Å²) in [5.74, 6) is -0.932. The second-order valence-corrected chi connectivity index (χ2v) is 22.4. The van der Waals surface area contributed by atoms with Gasteiger partial charge in [0.2, 0.25) is 0 Å². The Bertz CT molecular complexity index is 1360. The van der Waals surface area contributed by atoms with E-state index in [-0.39, 0.29) is 37.5 Å². The first kappa shape index (κ1) is 73.1. The molecular formula is C70H126O6. The van der Waals surface area contributed by atoms with Crippen molar-refractivity contribution in [2.45, 2.75) is 354 Å². The molecule has 0 rings (SSSR count). The highest BCUT2D eigenvalue weighted by Gasteiger charge is 2.19. The first-order chi connectivity index (χ1) is 37.5. The number of rotatable bonds is 61. The Morgan fingerprint density at radius 2 is 0.513 bits per heavy atom. The molecule has 0 aliphatic rings. The van der Waals surface area contributed by atoms with Crippen molar-refractivity contribution in [1.82, 2.24) is 0 Å². The fraction of sp³-hybridized carbons (Fsp3) is 0.814. The van der Waals surface area contributed by atoms with Crippen molar-refractivity contribution in [3.8, 4) is 0 Å². The van der Waals surface area contributed by atoms with Crippen molar-refractivity contribution < 1.29 is 28.6 Å². The van der Waals surface area contributed by atoms with E-state index in [0.717, 1.165) is 77.0 Å². The van der Waals surface area contributed by atoms with Gasteiger partial charge in [-0.2, -0.15) is 0 Å². The van der Waals surface area contributed by atoms with E-state index in [4.69, 9.17) is 14.2 Å². The molecule has 76 heavy (non-hydrogen) atoms. The van der Waals surface area contributed by atoms with Gasteiger partial charge in [-0.15, -0.1) is 0 Å². The number of esters is 3. The first-order valence-corrected chi connectivity index (χ1v) is 33.3. The molecule has 0 aliphatic carbocycles. The molecule has 0 aromatic carbocycles. The maximum atomic E-state index is 12.9. The molecule has 0 N–H and O–H groups in total. The third-order valence-corrected chi connectivity index (χ3v) is 14.8. The van der Waals surface area contributed by atoms with Crippen molar-refractivity contribution >= 4 is 17.9 Å². The highest BCUT2D eigenvalue weighted by molar-refractivity contribution is 5.71. The van der Waals surface area contributed by atoms with E-state index in [1.54, 1.807) is 0 Å². The summed E-state index contributed by atoms with van der Waals surface area (Å²) in [7, 11) is 0. The Balaban J connectivity index is 4.24. The maximum Gasteiger partial charge on any atom is 0.306 e. The van der Waals surface area contributed by atoms with Crippen LogP contribution in [0.1, 0.15) is 348 Å². The Kier molecular flexibility index (Phi) is 62.2. The highest BCUT2D eigenvalue weighted by Crippen LogP contribution is 2.18. The van der Waals surface area contributed by atoms with Crippen LogP contribution in [0.25, 0.3) is 0 Å². The number of hydrogen-bond donors (Lipinski definition) is 0. The van der Waals surface area contributed by atoms with Gasteiger partial charge in [-0.05, 0) is 57.8 Å². The van der Waals surface area contributed by atoms with E-state index in [9.17, 15) is 14.4 Å². The van der Waals surface area contributed by atoms with Gasteiger partial charge in [-0.3, -0.25) is 14.4 Å². The van der Waals surface area contributed by atoms with Crippen LogP contribution in [-0.2, 0) is 28.6 Å². The van der Waals surface area contributed by atoms with Crippen LogP contribution in [0.4, 0.5) is 0 Å². The lowest BCUT2D eigenvalue weighted by Crippen LogP contribution is -2.30. The van der Waals surface area contributed by atoms with Crippen LogP contribution in [0.15, 0.2) is 60.8 Å². The van der Waals surface area contributed by atoms with Gasteiger partial charge in [0.05, 0.1) is 0 Å². The molecular weight excluding hydrogens is 937 g/mol. The minimum Gasteiger partial charge on any atom is -0.462 e. The maximum absolute atomic E-state index is 12.9. The van der Waals surface area contributed by atoms with Gasteiger partial charge >= 0.3 is 17.9 Å². The lowest BCUT2D eigenvalue weighted by Gasteiger charge is -2.18. The number of hydrogen-bond acceptors (Lipinski definition) is 6. The number of ether oxygens (including phenoxy) is 3. The van der Waals surface area contributed by atoms with Gasteiger partial charge in [-0.1, -0.05) is 332 Å². The van der Waals surface area contributed by atoms with E-state index in [0.29, 0.717) is 19.3 Å². The minimum atomic E-state index is -0.801. The number of allylic oxidation sites excluding steroid dienone is 10. The smallest absolute Gasteiger partial charge is 0.306 e. The van der Waals surface area contributed by atoms with Crippen LogP contribution in [0.3, 0.4) is 0 Å². The van der Waals surface area contributed by atoms with Crippen LogP contribution < -0.4 is 0 Å². The van der Waals surface area contributed by atoms with Crippen LogP contribution in [0, 0.1) is 0 Å². The lowest BCUT2D eigenvalue weighted by molar-refractivity contribution is -0.167. The zero-order valence-electron chi connectivity index (χ0n) is 50.8. The van der Waals surface area contributed by atoms with Gasteiger partial charge in [0.15, 0.2) is 6.10 Å². The molecule has 0 radical (unpaired) electrons. The second kappa shape index (κ2) is 64.6. The fourth-order valence-corrected chi connectivity index (χ4v) is 9.84. The predicted molar refractivity (Wildman–Crippen MR) is 330 cm³/mol. The molecule has 1 unspecified atom stereocenters. The molecule has 1 atom stereocenters. The van der Waals surface area contributed by atoms with E-state index < -0.39 is 6.10 Å². The molecule has 6 nitrogen and oxygen atoms in total. The molecule has 0 bridgehead atoms. The molecule has 0 aromatic heterocycles. The Morgan fingerprint density at radius 3 is 0.789 bits per heavy atom. The molecule has 0 saturated heterocycles. The quantitative estimate of drug-likeness (QED) is 0.0261. The summed E-state index contributed by atoms with van der Waals surface area (Å²) in [6.45, 7) is 6.53. The number of carbonyl (C=O) groups excluding carboxylic acids is 3. The molecule has 442 valence electrons. The summed E-state index contributed by atoms with van der Waals surface area (Å²) in [6, 6.07) is 0. The predicted octanol–water partition coefficient (Wildman–Crippen LogP) is 22.7. The van der Waals surface area contributed by atoms with Crippen LogP contribution in [0.2, 0.25) is 0 Å². The second-order valence-electron chi connectivity index (χ2n) is 22.4. The van der Waals surface area contributed by atoms with E-state index in [1.807, 2.05) is 0 Å². The number of carbonyl (C=O) groups is 3. The van der Waals surface area contributed by atoms with Crippen molar-refractivity contribution in [3.63, 3.8) is 0 Å². The van der Waals surface area contributed by atoms with Crippen molar-refractivity contribution in [1.29, 1.82) is 0 Å². The summed E-state index contributed by atoms with van der Waals surface area (Å²) in [4.78, 5) is 38.3. The minimum absolute atomic E-state index is 0.0924. The van der Waals surface area contributed by atoms with E-state index in [2.05, 4.69) is 81.5 Å². The molecule has 0 heterocycles. The average molecular weight is 1060 g/mol. The Labute approximate surface area is 472 Å². The molecule has 0 aliphatic heterocycles. The monoisotopic (exact) mass is 1060 g/mol. The molecule has 0 amide bonds. The molecule has 0 spiro atoms. The average Bonchev–Trinajstić information content (AvgIpc) is 3.42. The molecule has 6 heteroatoms. The SMILES string of the molecule is CC/C=C\C/C=C\C/C=C\C/C=C\C/C=C\CCCC(=O)OC(COC(=O)CCCCCCCCCCCCCCC)COC(=O)CCCCCCCCCCCCCCCCCCCCCCCCCCCCCC. The fourth-order valence-electron chi connectivity index (χ4n) is 9.84. The largest absolute Gasteiger partial charge is 0.462 e. The van der Waals surface area contributed by atoms with Gasteiger partial charge in [0, 0.05) is 19.3 Å². The molecule has 0 aromatic rings. The van der Waals surface area contributed by atoms with Crippen molar-refractivity contribution in [3.05, 3.63) is 60.8 Å². The highest BCUT2D eigenvalue weighted by atomic mass is 16.6. The topological polar surface area (TPSA) is 78.9 Å². The third-order valence-electron chi connectivity index (χ3n) is 14.8. The van der Waals surface area contributed by atoms with E-state index >= 15 is 0 Å². The summed E-state index contributed by atoms with van der Waals surface area (Å²) < 4.78 is 16.9. The van der Waals surface area contributed by atoms with Crippen LogP contribution in [-0.4, -0.2) is 37.2 Å². The van der Waals surface area contributed by atoms with Crippen molar-refractivity contribution in [2.24, 2.45) is 0 Å².